The Balaban J connectivity index is 1.84. The molecule has 1 saturated heterocycles. The number of ether oxygens (including phenoxy) is 1. The third-order valence-corrected chi connectivity index (χ3v) is 4.02. The van der Waals surface area contributed by atoms with E-state index in [0.29, 0.717) is 0 Å². The summed E-state index contributed by atoms with van der Waals surface area (Å²) in [6, 6.07) is 7.36. The zero-order valence-electron chi connectivity index (χ0n) is 13.3. The van der Waals surface area contributed by atoms with Crippen molar-refractivity contribution in [2.75, 3.05) is 39.8 Å². The predicted molar refractivity (Wildman–Crippen MR) is 84.8 cm³/mol. The van der Waals surface area contributed by atoms with Gasteiger partial charge in [0.15, 0.2) is 0 Å². The smallest absolute Gasteiger partial charge is 0.253 e. The van der Waals surface area contributed by atoms with Crippen molar-refractivity contribution in [2.45, 2.75) is 20.3 Å². The van der Waals surface area contributed by atoms with E-state index in [0.717, 1.165) is 50.0 Å². The molecule has 0 atom stereocenters. The molecule has 2 rings (SSSR count). The van der Waals surface area contributed by atoms with Crippen molar-refractivity contribution in [3.05, 3.63) is 29.8 Å². The van der Waals surface area contributed by atoms with E-state index in [-0.39, 0.29) is 5.91 Å². The number of carbonyl (C=O) groups is 1. The fraction of sp³-hybridized carbons (Fsp3) is 0.588. The van der Waals surface area contributed by atoms with Crippen molar-refractivity contribution in [2.24, 2.45) is 5.92 Å². The van der Waals surface area contributed by atoms with Gasteiger partial charge in [-0.25, -0.2) is 0 Å². The molecule has 0 saturated carbocycles. The van der Waals surface area contributed by atoms with Gasteiger partial charge in [-0.15, -0.1) is 0 Å². The number of methoxy groups -OCH3 is 1. The van der Waals surface area contributed by atoms with Gasteiger partial charge >= 0.3 is 0 Å². The molecule has 116 valence electrons. The Morgan fingerprint density at radius 2 is 1.76 bits per heavy atom. The molecule has 0 aliphatic carbocycles. The minimum atomic E-state index is 0.126. The Morgan fingerprint density at radius 3 is 2.29 bits per heavy atom. The van der Waals surface area contributed by atoms with Gasteiger partial charge < -0.3 is 9.64 Å². The number of hydrogen-bond acceptors (Lipinski definition) is 3. The first-order valence-electron chi connectivity index (χ1n) is 7.76. The average molecular weight is 290 g/mol. The second kappa shape index (κ2) is 7.46. The van der Waals surface area contributed by atoms with Crippen LogP contribution in [0.2, 0.25) is 0 Å². The van der Waals surface area contributed by atoms with E-state index in [1.54, 1.807) is 7.11 Å². The Labute approximate surface area is 127 Å². The van der Waals surface area contributed by atoms with Gasteiger partial charge in [0.25, 0.3) is 5.91 Å². The normalized spacial score (nSPS) is 16.3. The number of piperazine rings is 1. The van der Waals surface area contributed by atoms with Crippen molar-refractivity contribution in [3.63, 3.8) is 0 Å². The number of amides is 1. The molecule has 1 aliphatic rings. The first-order valence-corrected chi connectivity index (χ1v) is 7.76. The zero-order chi connectivity index (χ0) is 15.2. The number of carbonyl (C=O) groups excluding carboxylic acids is 1. The summed E-state index contributed by atoms with van der Waals surface area (Å²) in [5.74, 6) is 1.65. The number of nitrogens with zero attached hydrogens (tertiary/aromatic N) is 2. The van der Waals surface area contributed by atoms with Gasteiger partial charge in [0.05, 0.1) is 7.11 Å². The molecule has 21 heavy (non-hydrogen) atoms. The minimum absolute atomic E-state index is 0.126. The Morgan fingerprint density at radius 1 is 1.14 bits per heavy atom. The molecule has 0 N–H and O–H groups in total. The predicted octanol–water partition coefficient (Wildman–Crippen LogP) is 2.50. The highest BCUT2D eigenvalue weighted by Crippen LogP contribution is 2.14. The molecule has 0 unspecified atom stereocenters. The van der Waals surface area contributed by atoms with Crippen molar-refractivity contribution >= 4 is 5.91 Å². The molecular weight excluding hydrogens is 264 g/mol. The number of rotatable bonds is 5. The van der Waals surface area contributed by atoms with Crippen molar-refractivity contribution in [1.29, 1.82) is 0 Å². The van der Waals surface area contributed by atoms with E-state index < -0.39 is 0 Å². The monoisotopic (exact) mass is 290 g/mol. The summed E-state index contributed by atoms with van der Waals surface area (Å²) in [6.07, 6.45) is 1.23. The van der Waals surface area contributed by atoms with Crippen LogP contribution in [0.3, 0.4) is 0 Å². The summed E-state index contributed by atoms with van der Waals surface area (Å²) in [4.78, 5) is 16.8. The van der Waals surface area contributed by atoms with Crippen molar-refractivity contribution in [1.82, 2.24) is 9.80 Å². The summed E-state index contributed by atoms with van der Waals surface area (Å²) in [5.41, 5.74) is 0.742. The van der Waals surface area contributed by atoms with Crippen LogP contribution in [0.25, 0.3) is 0 Å². The summed E-state index contributed by atoms with van der Waals surface area (Å²) < 4.78 is 5.12. The van der Waals surface area contributed by atoms with E-state index in [1.165, 1.54) is 6.42 Å². The van der Waals surface area contributed by atoms with Crippen LogP contribution in [-0.4, -0.2) is 55.5 Å². The first-order chi connectivity index (χ1) is 10.1. The molecule has 1 aliphatic heterocycles. The van der Waals surface area contributed by atoms with Crippen LogP contribution in [0, 0.1) is 5.92 Å². The lowest BCUT2D eigenvalue weighted by Crippen LogP contribution is -2.48. The van der Waals surface area contributed by atoms with Crippen LogP contribution in [0.15, 0.2) is 24.3 Å². The summed E-state index contributed by atoms with van der Waals surface area (Å²) in [7, 11) is 1.63. The maximum absolute atomic E-state index is 12.4. The average Bonchev–Trinajstić information content (AvgIpc) is 2.53. The van der Waals surface area contributed by atoms with E-state index in [4.69, 9.17) is 4.74 Å². The fourth-order valence-electron chi connectivity index (χ4n) is 2.53. The lowest BCUT2D eigenvalue weighted by atomic mass is 10.1. The molecule has 4 nitrogen and oxygen atoms in total. The maximum atomic E-state index is 12.4. The van der Waals surface area contributed by atoms with Crippen molar-refractivity contribution < 1.29 is 9.53 Å². The second-order valence-corrected chi connectivity index (χ2v) is 6.04. The summed E-state index contributed by atoms with van der Waals surface area (Å²) in [5, 5.41) is 0. The van der Waals surface area contributed by atoms with Crippen LogP contribution < -0.4 is 4.74 Å². The largest absolute Gasteiger partial charge is 0.497 e. The van der Waals surface area contributed by atoms with Gasteiger partial charge in [-0.1, -0.05) is 13.8 Å². The Kier molecular flexibility index (Phi) is 5.62. The molecule has 0 aromatic heterocycles. The summed E-state index contributed by atoms with van der Waals surface area (Å²) in [6.45, 7) is 9.25. The minimum Gasteiger partial charge on any atom is -0.497 e. The van der Waals surface area contributed by atoms with Crippen LogP contribution in [0.4, 0.5) is 0 Å². The number of benzene rings is 1. The first kappa shape index (κ1) is 15.8. The Hall–Kier alpha value is -1.55. The molecule has 1 heterocycles. The SMILES string of the molecule is COc1ccc(C(=O)N2CCN(CCC(C)C)CC2)cc1. The molecular formula is C17H26N2O2. The zero-order valence-corrected chi connectivity index (χ0v) is 13.3. The molecule has 0 radical (unpaired) electrons. The van der Waals surface area contributed by atoms with Crippen LogP contribution in [0.1, 0.15) is 30.6 Å². The standard InChI is InChI=1S/C17H26N2O2/c1-14(2)8-9-18-10-12-19(13-11-18)17(20)15-4-6-16(21-3)7-5-15/h4-7,14H,8-13H2,1-3H3. The highest BCUT2D eigenvalue weighted by molar-refractivity contribution is 5.94. The van der Waals surface area contributed by atoms with Gasteiger partial charge in [-0.05, 0) is 43.1 Å². The maximum Gasteiger partial charge on any atom is 0.253 e. The fourth-order valence-corrected chi connectivity index (χ4v) is 2.53. The van der Waals surface area contributed by atoms with Gasteiger partial charge in [0, 0.05) is 31.7 Å². The topological polar surface area (TPSA) is 32.8 Å². The van der Waals surface area contributed by atoms with Gasteiger partial charge in [-0.2, -0.15) is 0 Å². The molecule has 1 aromatic carbocycles. The lowest BCUT2D eigenvalue weighted by molar-refractivity contribution is 0.0632. The van der Waals surface area contributed by atoms with Gasteiger partial charge in [-0.3, -0.25) is 9.69 Å². The lowest BCUT2D eigenvalue weighted by Gasteiger charge is -2.35. The van der Waals surface area contributed by atoms with Crippen LogP contribution >= 0.6 is 0 Å². The molecule has 1 amide bonds. The van der Waals surface area contributed by atoms with Crippen LogP contribution in [-0.2, 0) is 0 Å². The molecule has 0 bridgehead atoms. The van der Waals surface area contributed by atoms with Crippen molar-refractivity contribution in [3.8, 4) is 5.75 Å². The molecule has 1 fully saturated rings. The third kappa shape index (κ3) is 4.46. The molecule has 0 spiro atoms. The quantitative estimate of drug-likeness (QED) is 0.835. The van der Waals surface area contributed by atoms with Crippen LogP contribution in [0.5, 0.6) is 5.75 Å². The number of hydrogen-bond donors (Lipinski definition) is 0. The molecule has 1 aromatic rings. The van der Waals surface area contributed by atoms with E-state index in [9.17, 15) is 4.79 Å². The Bertz CT molecular complexity index is 448. The van der Waals surface area contributed by atoms with E-state index in [2.05, 4.69) is 18.7 Å². The summed E-state index contributed by atoms with van der Waals surface area (Å²) >= 11 is 0. The third-order valence-electron chi connectivity index (χ3n) is 4.02. The highest BCUT2D eigenvalue weighted by atomic mass is 16.5. The van der Waals surface area contributed by atoms with E-state index in [1.807, 2.05) is 29.2 Å². The van der Waals surface area contributed by atoms with Gasteiger partial charge in [0.1, 0.15) is 5.75 Å². The highest BCUT2D eigenvalue weighted by Gasteiger charge is 2.21. The van der Waals surface area contributed by atoms with E-state index >= 15 is 0 Å². The second-order valence-electron chi connectivity index (χ2n) is 6.04. The van der Waals surface area contributed by atoms with Gasteiger partial charge in [0.2, 0.25) is 0 Å². The molecule has 4 heteroatoms.